The molecule has 8 nitrogen and oxygen atoms in total. The lowest BCUT2D eigenvalue weighted by molar-refractivity contribution is -0.156. The van der Waals surface area contributed by atoms with Crippen LogP contribution in [-0.2, 0) is 14.3 Å². The monoisotopic (exact) mass is 549 g/mol. The van der Waals surface area contributed by atoms with Crippen LogP contribution in [0.15, 0.2) is 59.3 Å². The third-order valence-electron chi connectivity index (χ3n) is 7.07. The van der Waals surface area contributed by atoms with E-state index in [0.717, 1.165) is 58.2 Å². The number of methoxy groups -OCH3 is 2. The minimum absolute atomic E-state index is 0.123. The summed E-state index contributed by atoms with van der Waals surface area (Å²) < 4.78 is 12.8. The van der Waals surface area contributed by atoms with Crippen molar-refractivity contribution in [1.29, 1.82) is 0 Å². The fourth-order valence-electron chi connectivity index (χ4n) is 5.11. The van der Waals surface area contributed by atoms with E-state index in [-0.39, 0.29) is 17.8 Å². The number of carbonyl (C=O) groups excluding carboxylic acids is 1. The molecule has 5 rings (SSSR count). The first-order valence-electron chi connectivity index (χ1n) is 12.0. The number of aromatic nitrogens is 4. The van der Waals surface area contributed by atoms with Crippen LogP contribution in [0.2, 0.25) is 0 Å². The number of benzene rings is 1. The van der Waals surface area contributed by atoms with Gasteiger partial charge in [0.25, 0.3) is 0 Å². The summed E-state index contributed by atoms with van der Waals surface area (Å²) >= 11 is 3.67. The third kappa shape index (κ3) is 4.49. The van der Waals surface area contributed by atoms with Gasteiger partial charge in [-0.05, 0) is 53.6 Å². The minimum atomic E-state index is -0.535. The highest BCUT2D eigenvalue weighted by Gasteiger charge is 2.34. The molecule has 0 amide bonds. The maximum Gasteiger partial charge on any atom is 0.335 e. The second kappa shape index (κ2) is 10.4. The quantitative estimate of drug-likeness (QED) is 0.327. The standard InChI is InChI=1S/C27H28BrN5O3/c1-35-24(27(34)36-2)18-10-8-17(9-11-18)23-22(28)25(29)33-26(32-23)20(15-31-33)19-12-13-21(30-14-19)16-6-4-3-5-7-16/h3-7,12-15,17-18,24H,8-11,29H2,1-2H3/t17-,18-,24?. The van der Waals surface area contributed by atoms with Crippen molar-refractivity contribution in [2.45, 2.75) is 37.7 Å². The highest BCUT2D eigenvalue weighted by Crippen LogP contribution is 2.42. The van der Waals surface area contributed by atoms with Crippen LogP contribution >= 0.6 is 15.9 Å². The second-order valence-electron chi connectivity index (χ2n) is 9.08. The van der Waals surface area contributed by atoms with Gasteiger partial charge in [0.1, 0.15) is 5.82 Å². The van der Waals surface area contributed by atoms with Gasteiger partial charge >= 0.3 is 5.97 Å². The van der Waals surface area contributed by atoms with Crippen molar-refractivity contribution < 1.29 is 14.3 Å². The minimum Gasteiger partial charge on any atom is -0.467 e. The molecule has 0 aliphatic heterocycles. The van der Waals surface area contributed by atoms with E-state index in [1.165, 1.54) is 7.11 Å². The van der Waals surface area contributed by atoms with Crippen LogP contribution in [0.1, 0.15) is 37.3 Å². The Morgan fingerprint density at radius 2 is 1.81 bits per heavy atom. The molecule has 0 radical (unpaired) electrons. The molecule has 1 aromatic carbocycles. The summed E-state index contributed by atoms with van der Waals surface area (Å²) in [6.07, 6.45) is 6.53. The fourth-order valence-corrected chi connectivity index (χ4v) is 5.69. The van der Waals surface area contributed by atoms with Crippen LogP contribution in [0.25, 0.3) is 28.0 Å². The van der Waals surface area contributed by atoms with Gasteiger partial charge < -0.3 is 15.2 Å². The Hall–Kier alpha value is -3.30. The van der Waals surface area contributed by atoms with E-state index in [4.69, 9.17) is 20.2 Å². The van der Waals surface area contributed by atoms with Crippen molar-refractivity contribution in [2.24, 2.45) is 5.92 Å². The number of rotatable bonds is 6. The van der Waals surface area contributed by atoms with Gasteiger partial charge in [0.2, 0.25) is 0 Å². The number of nitrogens with zero attached hydrogens (tertiary/aromatic N) is 4. The number of nitrogen functional groups attached to an aromatic ring is 1. The number of fused-ring (bicyclic) bond motifs is 1. The Morgan fingerprint density at radius 3 is 2.44 bits per heavy atom. The molecule has 9 heteroatoms. The largest absolute Gasteiger partial charge is 0.467 e. The van der Waals surface area contributed by atoms with E-state index < -0.39 is 6.10 Å². The number of halogens is 1. The van der Waals surface area contributed by atoms with Crippen molar-refractivity contribution in [3.8, 4) is 22.4 Å². The lowest BCUT2D eigenvalue weighted by Gasteiger charge is -2.32. The number of hydrogen-bond acceptors (Lipinski definition) is 7. The molecule has 4 aromatic rings. The maximum absolute atomic E-state index is 12.1. The van der Waals surface area contributed by atoms with Crippen LogP contribution in [0.3, 0.4) is 0 Å². The number of ether oxygens (including phenoxy) is 2. The molecule has 186 valence electrons. The van der Waals surface area contributed by atoms with Gasteiger partial charge in [0, 0.05) is 35.9 Å². The SMILES string of the molecule is COC(=O)C(OC)[C@H]1CC[C@H](c2nc3c(-c4ccc(-c5ccccc5)nc4)cnn3c(N)c2Br)CC1. The molecule has 2 N–H and O–H groups in total. The Bertz CT molecular complexity index is 1370. The molecule has 0 spiro atoms. The summed E-state index contributed by atoms with van der Waals surface area (Å²) in [5.74, 6) is 0.529. The zero-order valence-corrected chi connectivity index (χ0v) is 21.8. The van der Waals surface area contributed by atoms with Crippen LogP contribution in [0, 0.1) is 5.92 Å². The van der Waals surface area contributed by atoms with Crippen LogP contribution < -0.4 is 5.73 Å². The zero-order chi connectivity index (χ0) is 25.2. The molecule has 1 fully saturated rings. The van der Waals surface area contributed by atoms with Gasteiger partial charge in [-0.25, -0.2) is 9.78 Å². The van der Waals surface area contributed by atoms with Gasteiger partial charge in [-0.1, -0.05) is 36.4 Å². The Kier molecular flexibility index (Phi) is 7.02. The van der Waals surface area contributed by atoms with E-state index in [9.17, 15) is 4.79 Å². The van der Waals surface area contributed by atoms with E-state index in [2.05, 4.69) is 26.0 Å². The zero-order valence-electron chi connectivity index (χ0n) is 20.2. The van der Waals surface area contributed by atoms with Gasteiger partial charge in [-0.2, -0.15) is 9.61 Å². The third-order valence-corrected chi connectivity index (χ3v) is 7.88. The van der Waals surface area contributed by atoms with E-state index in [0.29, 0.717) is 11.5 Å². The molecule has 1 aliphatic carbocycles. The average Bonchev–Trinajstić information content (AvgIpc) is 3.36. The summed E-state index contributed by atoms with van der Waals surface area (Å²) in [6.45, 7) is 0. The topological polar surface area (TPSA) is 105 Å². The molecular weight excluding hydrogens is 522 g/mol. The first-order chi connectivity index (χ1) is 17.5. The molecule has 1 atom stereocenters. The van der Waals surface area contributed by atoms with Crippen molar-refractivity contribution in [3.63, 3.8) is 0 Å². The predicted octanol–water partition coefficient (Wildman–Crippen LogP) is 5.26. The first kappa shape index (κ1) is 24.4. The lowest BCUT2D eigenvalue weighted by Crippen LogP contribution is -2.35. The number of nitrogens with two attached hydrogens (primary N) is 1. The first-order valence-corrected chi connectivity index (χ1v) is 12.8. The second-order valence-corrected chi connectivity index (χ2v) is 9.87. The Labute approximate surface area is 218 Å². The van der Waals surface area contributed by atoms with Gasteiger partial charge in [-0.3, -0.25) is 4.98 Å². The van der Waals surface area contributed by atoms with E-state index >= 15 is 0 Å². The van der Waals surface area contributed by atoms with Crippen molar-refractivity contribution in [1.82, 2.24) is 19.6 Å². The normalized spacial score (nSPS) is 18.8. The average molecular weight is 550 g/mol. The molecule has 36 heavy (non-hydrogen) atoms. The summed E-state index contributed by atoms with van der Waals surface area (Å²) in [5, 5.41) is 4.50. The van der Waals surface area contributed by atoms with Crippen LogP contribution in [0.5, 0.6) is 0 Å². The molecule has 1 unspecified atom stereocenters. The van der Waals surface area contributed by atoms with Gasteiger partial charge in [0.05, 0.1) is 29.2 Å². The predicted molar refractivity (Wildman–Crippen MR) is 141 cm³/mol. The Morgan fingerprint density at radius 1 is 1.06 bits per heavy atom. The van der Waals surface area contributed by atoms with Crippen LogP contribution in [-0.4, -0.2) is 45.9 Å². The molecule has 1 aliphatic rings. The molecule has 3 aromatic heterocycles. The maximum atomic E-state index is 12.1. The van der Waals surface area contributed by atoms with Crippen molar-refractivity contribution in [2.75, 3.05) is 20.0 Å². The highest BCUT2D eigenvalue weighted by molar-refractivity contribution is 9.10. The molecule has 0 saturated heterocycles. The van der Waals surface area contributed by atoms with Gasteiger partial charge in [0.15, 0.2) is 11.8 Å². The number of carbonyl (C=O) groups is 1. The number of anilines is 1. The summed E-state index contributed by atoms with van der Waals surface area (Å²) in [5.41, 5.74) is 11.9. The fraction of sp³-hybridized carbons (Fsp3) is 0.333. The van der Waals surface area contributed by atoms with E-state index in [1.54, 1.807) is 17.8 Å². The number of pyridine rings is 1. The molecular formula is C27H28BrN5O3. The molecule has 3 heterocycles. The van der Waals surface area contributed by atoms with Gasteiger partial charge in [-0.15, -0.1) is 0 Å². The number of hydrogen-bond donors (Lipinski definition) is 1. The van der Waals surface area contributed by atoms with Crippen LogP contribution in [0.4, 0.5) is 5.82 Å². The van der Waals surface area contributed by atoms with E-state index in [1.807, 2.05) is 48.7 Å². The lowest BCUT2D eigenvalue weighted by atomic mass is 9.78. The number of esters is 1. The summed E-state index contributed by atoms with van der Waals surface area (Å²) in [6, 6.07) is 14.1. The molecule has 1 saturated carbocycles. The smallest absolute Gasteiger partial charge is 0.335 e. The van der Waals surface area contributed by atoms with Crippen molar-refractivity contribution >= 4 is 33.4 Å². The van der Waals surface area contributed by atoms with Crippen molar-refractivity contribution in [3.05, 3.63) is 65.0 Å². The summed E-state index contributed by atoms with van der Waals surface area (Å²) in [4.78, 5) is 21.8. The Balaban J connectivity index is 1.43. The summed E-state index contributed by atoms with van der Waals surface area (Å²) in [7, 11) is 2.95. The molecule has 0 bridgehead atoms. The highest BCUT2D eigenvalue weighted by atomic mass is 79.9.